The third-order valence-electron chi connectivity index (χ3n) is 4.62. The number of amides is 1. The van der Waals surface area contributed by atoms with E-state index in [2.05, 4.69) is 4.72 Å². The first-order valence-corrected chi connectivity index (χ1v) is 10.3. The average Bonchev–Trinajstić information content (AvgIpc) is 2.89. The molecule has 0 spiro atoms. The minimum absolute atomic E-state index is 0.0291. The lowest BCUT2D eigenvalue weighted by Gasteiger charge is -2.20. The fraction of sp³-hybridized carbons (Fsp3) is 0.316. The molecule has 1 aliphatic rings. The molecule has 0 bridgehead atoms. The summed E-state index contributed by atoms with van der Waals surface area (Å²) in [6.45, 7) is 5.26. The monoisotopic (exact) mass is 392 g/mol. The molecule has 0 saturated heterocycles. The molecular formula is C19H21ClN2O3S. The molecule has 2 unspecified atom stereocenters. The highest BCUT2D eigenvalue weighted by Crippen LogP contribution is 2.34. The van der Waals surface area contributed by atoms with E-state index >= 15 is 0 Å². The van der Waals surface area contributed by atoms with Crippen LogP contribution >= 0.6 is 11.6 Å². The van der Waals surface area contributed by atoms with Crippen LogP contribution in [-0.2, 0) is 21.2 Å². The summed E-state index contributed by atoms with van der Waals surface area (Å²) in [5, 5.41) is 0.603. The van der Waals surface area contributed by atoms with Gasteiger partial charge in [-0.25, -0.2) is 13.1 Å². The van der Waals surface area contributed by atoms with Gasteiger partial charge in [0.25, 0.3) is 0 Å². The lowest BCUT2D eigenvalue weighted by Crippen LogP contribution is -2.33. The zero-order valence-corrected chi connectivity index (χ0v) is 16.4. The van der Waals surface area contributed by atoms with Crippen molar-refractivity contribution in [2.24, 2.45) is 0 Å². The molecule has 2 aromatic rings. The predicted molar refractivity (Wildman–Crippen MR) is 103 cm³/mol. The smallest absolute Gasteiger partial charge is 0.241 e. The van der Waals surface area contributed by atoms with Crippen molar-refractivity contribution in [1.29, 1.82) is 0 Å². The molecule has 1 heterocycles. The Kier molecular flexibility index (Phi) is 5.10. The highest BCUT2D eigenvalue weighted by atomic mass is 35.5. The lowest BCUT2D eigenvalue weighted by molar-refractivity contribution is -0.116. The quantitative estimate of drug-likeness (QED) is 0.863. The summed E-state index contributed by atoms with van der Waals surface area (Å²) in [5.41, 5.74) is 2.49. The fourth-order valence-electron chi connectivity index (χ4n) is 3.37. The summed E-state index contributed by atoms with van der Waals surface area (Å²) in [7, 11) is -3.68. The first kappa shape index (κ1) is 18.9. The van der Waals surface area contributed by atoms with Gasteiger partial charge in [0.05, 0.1) is 4.90 Å². The molecule has 5 nitrogen and oxygen atoms in total. The van der Waals surface area contributed by atoms with Crippen LogP contribution in [-0.4, -0.2) is 20.4 Å². The van der Waals surface area contributed by atoms with E-state index in [0.29, 0.717) is 11.4 Å². The van der Waals surface area contributed by atoms with E-state index in [-0.39, 0.29) is 16.8 Å². The van der Waals surface area contributed by atoms with Crippen LogP contribution in [0, 0.1) is 0 Å². The van der Waals surface area contributed by atoms with Crippen molar-refractivity contribution >= 4 is 33.2 Å². The molecule has 0 saturated carbocycles. The normalized spacial score (nSPS) is 17.8. The molecule has 1 aliphatic heterocycles. The van der Waals surface area contributed by atoms with E-state index in [9.17, 15) is 13.2 Å². The Hall–Kier alpha value is -1.89. The summed E-state index contributed by atoms with van der Waals surface area (Å²) < 4.78 is 28.2. The maximum Gasteiger partial charge on any atom is 0.241 e. The number of sulfonamides is 1. The Labute approximate surface area is 159 Å². The van der Waals surface area contributed by atoms with Gasteiger partial charge in [-0.05, 0) is 61.7 Å². The highest BCUT2D eigenvalue weighted by Gasteiger charge is 2.30. The number of carbonyl (C=O) groups is 1. The van der Waals surface area contributed by atoms with E-state index in [0.717, 1.165) is 16.8 Å². The number of hydrogen-bond acceptors (Lipinski definition) is 3. The van der Waals surface area contributed by atoms with E-state index in [1.165, 1.54) is 6.92 Å². The van der Waals surface area contributed by atoms with Crippen LogP contribution < -0.4 is 9.62 Å². The standard InChI is InChI=1S/C19H21ClN2O3S/c1-12-10-16-11-18(8-9-19(16)22(12)14(3)23)26(24,25)21-13(2)15-4-6-17(20)7-5-15/h4-9,11-13,21H,10H2,1-3H3. The zero-order chi connectivity index (χ0) is 19.1. The van der Waals surface area contributed by atoms with Crippen LogP contribution in [0.5, 0.6) is 0 Å². The van der Waals surface area contributed by atoms with Crippen LogP contribution in [0.1, 0.15) is 37.9 Å². The molecule has 1 amide bonds. The molecule has 0 radical (unpaired) electrons. The SMILES string of the molecule is CC(=O)N1c2ccc(S(=O)(=O)NC(C)c3ccc(Cl)cc3)cc2CC1C. The second-order valence-corrected chi connectivity index (χ2v) is 8.78. The Morgan fingerprint density at radius 3 is 2.50 bits per heavy atom. The van der Waals surface area contributed by atoms with Crippen molar-refractivity contribution < 1.29 is 13.2 Å². The number of rotatable bonds is 4. The predicted octanol–water partition coefficient (Wildman–Crippen LogP) is 3.68. The van der Waals surface area contributed by atoms with Crippen molar-refractivity contribution in [3.8, 4) is 0 Å². The van der Waals surface area contributed by atoms with Crippen molar-refractivity contribution in [2.75, 3.05) is 4.90 Å². The van der Waals surface area contributed by atoms with Crippen molar-refractivity contribution in [3.05, 3.63) is 58.6 Å². The Bertz CT molecular complexity index is 942. The number of halogens is 1. The second kappa shape index (κ2) is 7.02. The molecule has 0 aliphatic carbocycles. The number of benzene rings is 2. The van der Waals surface area contributed by atoms with E-state index < -0.39 is 16.1 Å². The van der Waals surface area contributed by atoms with E-state index in [1.54, 1.807) is 54.3 Å². The minimum Gasteiger partial charge on any atom is -0.309 e. The number of anilines is 1. The Morgan fingerprint density at radius 2 is 1.88 bits per heavy atom. The fourth-order valence-corrected chi connectivity index (χ4v) is 4.78. The van der Waals surface area contributed by atoms with Crippen molar-refractivity contribution in [2.45, 2.75) is 44.2 Å². The first-order chi connectivity index (χ1) is 12.2. The summed E-state index contributed by atoms with van der Waals surface area (Å²) in [6.07, 6.45) is 0.644. The number of hydrogen-bond donors (Lipinski definition) is 1. The van der Waals surface area contributed by atoms with Gasteiger partial charge in [-0.3, -0.25) is 4.79 Å². The van der Waals surface area contributed by atoms with E-state index in [1.807, 2.05) is 6.92 Å². The number of fused-ring (bicyclic) bond motifs is 1. The van der Waals surface area contributed by atoms with Gasteiger partial charge in [-0.1, -0.05) is 23.7 Å². The highest BCUT2D eigenvalue weighted by molar-refractivity contribution is 7.89. The van der Waals surface area contributed by atoms with Gasteiger partial charge in [-0.15, -0.1) is 0 Å². The topological polar surface area (TPSA) is 66.5 Å². The number of carbonyl (C=O) groups excluding carboxylic acids is 1. The van der Waals surface area contributed by atoms with Crippen LogP contribution in [0.2, 0.25) is 5.02 Å². The lowest BCUT2D eigenvalue weighted by atomic mass is 10.1. The van der Waals surface area contributed by atoms with Gasteiger partial charge in [0.15, 0.2) is 0 Å². The number of nitrogens with one attached hydrogen (secondary N) is 1. The molecule has 0 fully saturated rings. The van der Waals surface area contributed by atoms with Gasteiger partial charge in [0.2, 0.25) is 15.9 Å². The summed E-state index contributed by atoms with van der Waals surface area (Å²) in [5.74, 6) is -0.0404. The third kappa shape index (κ3) is 3.63. The zero-order valence-electron chi connectivity index (χ0n) is 14.9. The maximum atomic E-state index is 12.8. The third-order valence-corrected chi connectivity index (χ3v) is 6.41. The van der Waals surface area contributed by atoms with Crippen molar-refractivity contribution in [3.63, 3.8) is 0 Å². The molecule has 2 aromatic carbocycles. The van der Waals surface area contributed by atoms with Gasteiger partial charge in [-0.2, -0.15) is 0 Å². The van der Waals surface area contributed by atoms with Crippen LogP contribution in [0.25, 0.3) is 0 Å². The summed E-state index contributed by atoms with van der Waals surface area (Å²) in [4.78, 5) is 13.7. The second-order valence-electron chi connectivity index (χ2n) is 6.63. The van der Waals surface area contributed by atoms with Crippen LogP contribution in [0.3, 0.4) is 0 Å². The first-order valence-electron chi connectivity index (χ1n) is 8.39. The Morgan fingerprint density at radius 1 is 1.23 bits per heavy atom. The Balaban J connectivity index is 1.86. The number of nitrogens with zero attached hydrogens (tertiary/aromatic N) is 1. The maximum absolute atomic E-state index is 12.8. The average molecular weight is 393 g/mol. The largest absolute Gasteiger partial charge is 0.309 e. The molecule has 0 aromatic heterocycles. The van der Waals surface area contributed by atoms with Crippen LogP contribution in [0.15, 0.2) is 47.4 Å². The van der Waals surface area contributed by atoms with Gasteiger partial charge in [0, 0.05) is 29.7 Å². The molecule has 2 atom stereocenters. The molecule has 7 heteroatoms. The van der Waals surface area contributed by atoms with Gasteiger partial charge < -0.3 is 4.90 Å². The van der Waals surface area contributed by atoms with Gasteiger partial charge >= 0.3 is 0 Å². The summed E-state index contributed by atoms with van der Waals surface area (Å²) >= 11 is 5.88. The van der Waals surface area contributed by atoms with Gasteiger partial charge in [0.1, 0.15) is 0 Å². The molecular weight excluding hydrogens is 372 g/mol. The van der Waals surface area contributed by atoms with E-state index in [4.69, 9.17) is 11.6 Å². The molecule has 1 N–H and O–H groups in total. The molecule has 3 rings (SSSR count). The molecule has 26 heavy (non-hydrogen) atoms. The minimum atomic E-state index is -3.68. The van der Waals surface area contributed by atoms with Crippen molar-refractivity contribution in [1.82, 2.24) is 4.72 Å². The summed E-state index contributed by atoms with van der Waals surface area (Å²) in [6, 6.07) is 11.6. The molecule has 138 valence electrons. The van der Waals surface area contributed by atoms with Crippen LogP contribution in [0.4, 0.5) is 5.69 Å².